The number of esters is 1. The Morgan fingerprint density at radius 3 is 2.50 bits per heavy atom. The van der Waals surface area contributed by atoms with Crippen molar-refractivity contribution in [2.75, 3.05) is 13.2 Å². The van der Waals surface area contributed by atoms with Crippen LogP contribution in [0.5, 0.6) is 0 Å². The second-order valence-corrected chi connectivity index (χ2v) is 1.92. The van der Waals surface area contributed by atoms with Crippen molar-refractivity contribution in [3.63, 3.8) is 0 Å². The summed E-state index contributed by atoms with van der Waals surface area (Å²) in [5.41, 5.74) is -0.954. The minimum atomic E-state index is -0.954. The van der Waals surface area contributed by atoms with E-state index in [1.54, 1.807) is 13.8 Å². The molecule has 0 rings (SSSR count). The lowest BCUT2D eigenvalue weighted by Gasteiger charge is -2.06. The molecule has 0 fully saturated rings. The molecule has 0 aromatic rings. The lowest BCUT2D eigenvalue weighted by Crippen LogP contribution is -2.20. The lowest BCUT2D eigenvalue weighted by molar-refractivity contribution is -0.151. The van der Waals surface area contributed by atoms with Crippen molar-refractivity contribution < 1.29 is 14.3 Å². The number of hydrogen-bond donors (Lipinski definition) is 0. The number of alkyl halides is 1. The molecule has 0 N–H and O–H groups in total. The highest BCUT2D eigenvalue weighted by molar-refractivity contribution is 6.28. The van der Waals surface area contributed by atoms with Crippen LogP contribution in [0, 0.1) is 0 Å². The third-order valence-corrected chi connectivity index (χ3v) is 1.09. The normalized spacial score (nSPS) is 12.7. The summed E-state index contributed by atoms with van der Waals surface area (Å²) in [6, 6.07) is 0. The van der Waals surface area contributed by atoms with E-state index in [1.807, 2.05) is 0 Å². The first-order valence-electron chi connectivity index (χ1n) is 3.14. The molecule has 0 aliphatic heterocycles. The van der Waals surface area contributed by atoms with Crippen LogP contribution in [-0.2, 0) is 14.3 Å². The number of rotatable bonds is 4. The minimum Gasteiger partial charge on any atom is -0.463 e. The van der Waals surface area contributed by atoms with Gasteiger partial charge in [0.15, 0.2) is 0 Å². The van der Waals surface area contributed by atoms with E-state index in [1.165, 1.54) is 0 Å². The Morgan fingerprint density at radius 2 is 2.10 bits per heavy atom. The topological polar surface area (TPSA) is 35.5 Å². The van der Waals surface area contributed by atoms with E-state index in [9.17, 15) is 4.79 Å². The fraction of sp³-hybridized carbons (Fsp3) is 0.833. The molecule has 0 bridgehead atoms. The Hall–Kier alpha value is -0.280. The predicted octanol–water partition coefficient (Wildman–Crippen LogP) is 1.15. The second kappa shape index (κ2) is 5.50. The van der Waals surface area contributed by atoms with Crippen molar-refractivity contribution in [2.45, 2.75) is 19.4 Å². The Bertz CT molecular complexity index is 105. The fourth-order valence-corrected chi connectivity index (χ4v) is 0.611. The molecule has 0 unspecified atom stereocenters. The summed E-state index contributed by atoms with van der Waals surface area (Å²) in [5, 5.41) is 0. The molecule has 0 saturated heterocycles. The fourth-order valence-electron chi connectivity index (χ4n) is 0.422. The van der Waals surface area contributed by atoms with Crippen LogP contribution >= 0.6 is 11.6 Å². The third kappa shape index (κ3) is 3.69. The van der Waals surface area contributed by atoms with Gasteiger partial charge < -0.3 is 9.47 Å². The van der Waals surface area contributed by atoms with Crippen molar-refractivity contribution in [1.29, 1.82) is 0 Å². The minimum absolute atomic E-state index is 0.328. The Kier molecular flexibility index (Phi) is 5.35. The molecule has 1 atom stereocenters. The maximum atomic E-state index is 10.7. The highest BCUT2D eigenvalue weighted by atomic mass is 35.5. The summed E-state index contributed by atoms with van der Waals surface area (Å²) in [4.78, 5) is 10.7. The predicted molar refractivity (Wildman–Crippen MR) is 37.9 cm³/mol. The van der Waals surface area contributed by atoms with Crippen LogP contribution in [-0.4, -0.2) is 24.7 Å². The van der Waals surface area contributed by atoms with Crippen LogP contribution in [0.4, 0.5) is 0 Å². The second-order valence-electron chi connectivity index (χ2n) is 1.52. The summed E-state index contributed by atoms with van der Waals surface area (Å²) in [7, 11) is 0. The van der Waals surface area contributed by atoms with Gasteiger partial charge in [-0.3, -0.25) is 0 Å². The number of halogens is 1. The summed E-state index contributed by atoms with van der Waals surface area (Å²) >= 11 is 5.41. The van der Waals surface area contributed by atoms with Gasteiger partial charge in [0.05, 0.1) is 6.61 Å². The van der Waals surface area contributed by atoms with Gasteiger partial charge in [0.1, 0.15) is 0 Å². The molecular weight excluding hydrogens is 156 g/mol. The van der Waals surface area contributed by atoms with E-state index < -0.39 is 11.5 Å². The zero-order chi connectivity index (χ0) is 7.98. The van der Waals surface area contributed by atoms with Crippen LogP contribution in [0.2, 0.25) is 0 Å². The van der Waals surface area contributed by atoms with Crippen LogP contribution < -0.4 is 0 Å². The van der Waals surface area contributed by atoms with Gasteiger partial charge in [-0.05, 0) is 13.8 Å². The van der Waals surface area contributed by atoms with Crippen LogP contribution in [0.15, 0.2) is 0 Å². The van der Waals surface area contributed by atoms with Crippen molar-refractivity contribution in [3.8, 4) is 0 Å². The highest BCUT2D eigenvalue weighted by Gasteiger charge is 2.14. The van der Waals surface area contributed by atoms with Crippen molar-refractivity contribution >= 4 is 17.6 Å². The molecule has 10 heavy (non-hydrogen) atoms. The molecular formula is C6H11ClO3. The standard InChI is InChI=1S/C6H11ClO3/c1-3-9-5(7)6(8)10-4-2/h5H,3-4H2,1-2H3/t5-/m1/s1. The average molecular weight is 167 g/mol. The molecule has 3 nitrogen and oxygen atoms in total. The Morgan fingerprint density at radius 1 is 1.50 bits per heavy atom. The van der Waals surface area contributed by atoms with Gasteiger partial charge in [-0.1, -0.05) is 11.6 Å². The van der Waals surface area contributed by atoms with Gasteiger partial charge in [0.2, 0.25) is 5.56 Å². The van der Waals surface area contributed by atoms with E-state index in [4.69, 9.17) is 16.3 Å². The van der Waals surface area contributed by atoms with Gasteiger partial charge in [-0.15, -0.1) is 0 Å². The smallest absolute Gasteiger partial charge is 0.350 e. The zero-order valence-electron chi connectivity index (χ0n) is 6.09. The van der Waals surface area contributed by atoms with Gasteiger partial charge >= 0.3 is 5.97 Å². The molecule has 0 radical (unpaired) electrons. The molecule has 60 valence electrons. The van der Waals surface area contributed by atoms with Crippen LogP contribution in [0.3, 0.4) is 0 Å². The quantitative estimate of drug-likeness (QED) is 0.464. The summed E-state index contributed by atoms with van der Waals surface area (Å²) in [6.45, 7) is 4.21. The first kappa shape index (κ1) is 9.72. The monoisotopic (exact) mass is 166 g/mol. The van der Waals surface area contributed by atoms with E-state index >= 15 is 0 Å². The summed E-state index contributed by atoms with van der Waals surface area (Å²) in [5.74, 6) is -0.522. The van der Waals surface area contributed by atoms with Crippen molar-refractivity contribution in [2.24, 2.45) is 0 Å². The molecule has 0 heterocycles. The summed E-state index contributed by atoms with van der Waals surface area (Å²) in [6.07, 6.45) is 0. The molecule has 0 aromatic carbocycles. The van der Waals surface area contributed by atoms with Crippen LogP contribution in [0.1, 0.15) is 13.8 Å². The van der Waals surface area contributed by atoms with Crippen molar-refractivity contribution in [3.05, 3.63) is 0 Å². The number of carbonyl (C=O) groups is 1. The molecule has 0 amide bonds. The number of hydrogen-bond acceptors (Lipinski definition) is 3. The lowest BCUT2D eigenvalue weighted by atomic mass is 10.7. The first-order valence-corrected chi connectivity index (χ1v) is 3.58. The van der Waals surface area contributed by atoms with Crippen molar-refractivity contribution in [1.82, 2.24) is 0 Å². The van der Waals surface area contributed by atoms with E-state index in [0.717, 1.165) is 0 Å². The molecule has 4 heteroatoms. The third-order valence-electron chi connectivity index (χ3n) is 0.785. The molecule has 0 spiro atoms. The molecule has 0 aromatic heterocycles. The van der Waals surface area contributed by atoms with E-state index in [0.29, 0.717) is 13.2 Å². The van der Waals surface area contributed by atoms with E-state index in [2.05, 4.69) is 4.74 Å². The maximum absolute atomic E-state index is 10.7. The largest absolute Gasteiger partial charge is 0.463 e. The van der Waals surface area contributed by atoms with Gasteiger partial charge in [-0.2, -0.15) is 0 Å². The van der Waals surface area contributed by atoms with Gasteiger partial charge in [0, 0.05) is 6.61 Å². The molecule has 0 aliphatic carbocycles. The first-order chi connectivity index (χ1) is 4.72. The highest BCUT2D eigenvalue weighted by Crippen LogP contribution is 2.00. The Labute approximate surface area is 65.3 Å². The number of ether oxygens (including phenoxy) is 2. The Balaban J connectivity index is 3.49. The van der Waals surface area contributed by atoms with Crippen LogP contribution in [0.25, 0.3) is 0 Å². The number of carbonyl (C=O) groups excluding carboxylic acids is 1. The zero-order valence-corrected chi connectivity index (χ0v) is 6.85. The summed E-state index contributed by atoms with van der Waals surface area (Å²) < 4.78 is 9.31. The molecule has 0 saturated carbocycles. The molecule has 0 aliphatic rings. The SMILES string of the molecule is CCOC(=O)[C@H](Cl)OCC. The average Bonchev–Trinajstić information content (AvgIpc) is 1.89. The van der Waals surface area contributed by atoms with E-state index in [-0.39, 0.29) is 0 Å². The van der Waals surface area contributed by atoms with Gasteiger partial charge in [0.25, 0.3) is 0 Å². The maximum Gasteiger partial charge on any atom is 0.350 e. The van der Waals surface area contributed by atoms with Gasteiger partial charge in [-0.25, -0.2) is 4.79 Å².